The molecular formula is C16H26N2O2. The van der Waals surface area contributed by atoms with Gasteiger partial charge in [0.15, 0.2) is 0 Å². The number of hydrogen-bond donors (Lipinski definition) is 1. The van der Waals surface area contributed by atoms with Gasteiger partial charge in [0, 0.05) is 6.54 Å². The lowest BCUT2D eigenvalue weighted by Crippen LogP contribution is -2.71. The summed E-state index contributed by atoms with van der Waals surface area (Å²) in [5, 5.41) is 3.05. The Morgan fingerprint density at radius 2 is 1.75 bits per heavy atom. The van der Waals surface area contributed by atoms with Crippen LogP contribution in [0.3, 0.4) is 0 Å². The second kappa shape index (κ2) is 4.74. The number of hydrogen-bond acceptors (Lipinski definition) is 2. The summed E-state index contributed by atoms with van der Waals surface area (Å²) in [6, 6.07) is -0.313. The van der Waals surface area contributed by atoms with Crippen LogP contribution in [0.2, 0.25) is 0 Å². The van der Waals surface area contributed by atoms with Crippen LogP contribution in [0.5, 0.6) is 0 Å². The lowest BCUT2D eigenvalue weighted by Gasteiger charge is -2.51. The average molecular weight is 278 g/mol. The molecule has 2 amide bonds. The highest BCUT2D eigenvalue weighted by Crippen LogP contribution is 2.43. The van der Waals surface area contributed by atoms with Crippen LogP contribution in [0.15, 0.2) is 0 Å². The van der Waals surface area contributed by atoms with Crippen molar-refractivity contribution in [3.05, 3.63) is 0 Å². The monoisotopic (exact) mass is 278 g/mol. The van der Waals surface area contributed by atoms with E-state index in [1.807, 2.05) is 11.8 Å². The first-order valence-electron chi connectivity index (χ1n) is 8.09. The van der Waals surface area contributed by atoms with E-state index in [1.54, 1.807) is 0 Å². The van der Waals surface area contributed by atoms with Crippen molar-refractivity contribution in [2.24, 2.45) is 5.41 Å². The second-order valence-electron chi connectivity index (χ2n) is 7.41. The fraction of sp³-hybridized carbons (Fsp3) is 0.875. The first-order chi connectivity index (χ1) is 9.46. The lowest BCUT2D eigenvalue weighted by molar-refractivity contribution is -0.158. The van der Waals surface area contributed by atoms with E-state index in [4.69, 9.17) is 0 Å². The molecule has 1 unspecified atom stereocenters. The summed E-state index contributed by atoms with van der Waals surface area (Å²) in [7, 11) is 0. The zero-order valence-corrected chi connectivity index (χ0v) is 12.7. The molecular weight excluding hydrogens is 252 g/mol. The number of carbonyl (C=O) groups is 2. The molecule has 0 radical (unpaired) electrons. The molecule has 4 nitrogen and oxygen atoms in total. The molecule has 1 atom stereocenters. The topological polar surface area (TPSA) is 49.4 Å². The van der Waals surface area contributed by atoms with Gasteiger partial charge >= 0.3 is 0 Å². The molecule has 1 N–H and O–H groups in total. The first kappa shape index (κ1) is 13.9. The van der Waals surface area contributed by atoms with Crippen molar-refractivity contribution in [2.75, 3.05) is 6.54 Å². The number of nitrogens with zero attached hydrogens (tertiary/aromatic N) is 1. The van der Waals surface area contributed by atoms with Crippen molar-refractivity contribution in [1.82, 2.24) is 10.2 Å². The van der Waals surface area contributed by atoms with E-state index in [0.717, 1.165) is 32.2 Å². The van der Waals surface area contributed by atoms with Crippen molar-refractivity contribution < 1.29 is 9.59 Å². The predicted octanol–water partition coefficient (Wildman–Crippen LogP) is 2.23. The average Bonchev–Trinajstić information content (AvgIpc) is 2.41. The fourth-order valence-corrected chi connectivity index (χ4v) is 4.04. The largest absolute Gasteiger partial charge is 0.340 e. The van der Waals surface area contributed by atoms with Gasteiger partial charge in [-0.25, -0.2) is 0 Å². The molecule has 112 valence electrons. The van der Waals surface area contributed by atoms with Gasteiger partial charge < -0.3 is 10.2 Å². The maximum atomic E-state index is 13.0. The van der Waals surface area contributed by atoms with Crippen LogP contribution < -0.4 is 5.32 Å². The fourth-order valence-electron chi connectivity index (χ4n) is 4.04. The van der Waals surface area contributed by atoms with Crippen LogP contribution in [0.25, 0.3) is 0 Å². The summed E-state index contributed by atoms with van der Waals surface area (Å²) in [6.07, 6.45) is 8.52. The number of rotatable bonds is 2. The minimum atomic E-state index is -0.581. The molecule has 3 aliphatic rings. The molecule has 2 aliphatic carbocycles. The van der Waals surface area contributed by atoms with E-state index in [1.165, 1.54) is 25.7 Å². The normalized spacial score (nSPS) is 31.9. The number of carbonyl (C=O) groups excluding carboxylic acids is 2. The van der Waals surface area contributed by atoms with Gasteiger partial charge in [0.05, 0.1) is 0 Å². The van der Waals surface area contributed by atoms with Crippen LogP contribution in [0.4, 0.5) is 0 Å². The Labute approximate surface area is 121 Å². The molecule has 1 spiro atoms. The van der Waals surface area contributed by atoms with Gasteiger partial charge in [0.1, 0.15) is 11.6 Å². The molecule has 0 aromatic rings. The van der Waals surface area contributed by atoms with E-state index in [-0.39, 0.29) is 23.3 Å². The number of amides is 2. The standard InChI is InChI=1S/C16H26N2O2/c1-12-13(19)17-16(9-4-3-5-10-16)14(20)18(12)11-15(2)7-6-8-15/h12H,3-11H2,1-2H3,(H,17,19). The Bertz CT molecular complexity index is 422. The van der Waals surface area contributed by atoms with Gasteiger partial charge in [-0.1, -0.05) is 32.6 Å². The minimum absolute atomic E-state index is 0.0365. The maximum Gasteiger partial charge on any atom is 0.249 e. The smallest absolute Gasteiger partial charge is 0.249 e. The lowest BCUT2D eigenvalue weighted by atomic mass is 9.69. The van der Waals surface area contributed by atoms with Gasteiger partial charge in [0.2, 0.25) is 11.8 Å². The van der Waals surface area contributed by atoms with Gasteiger partial charge in [-0.15, -0.1) is 0 Å². The summed E-state index contributed by atoms with van der Waals surface area (Å²) in [5.41, 5.74) is -0.348. The summed E-state index contributed by atoms with van der Waals surface area (Å²) in [6.45, 7) is 4.86. The number of nitrogens with one attached hydrogen (secondary N) is 1. The Hall–Kier alpha value is -1.06. The molecule has 4 heteroatoms. The Morgan fingerprint density at radius 3 is 2.30 bits per heavy atom. The van der Waals surface area contributed by atoms with E-state index in [9.17, 15) is 9.59 Å². The molecule has 0 bridgehead atoms. The van der Waals surface area contributed by atoms with Crippen molar-refractivity contribution >= 4 is 11.8 Å². The second-order valence-corrected chi connectivity index (χ2v) is 7.41. The van der Waals surface area contributed by atoms with Gasteiger partial charge in [-0.05, 0) is 38.0 Å². The highest BCUT2D eigenvalue weighted by Gasteiger charge is 2.51. The molecule has 0 aromatic carbocycles. The van der Waals surface area contributed by atoms with Crippen LogP contribution in [0.1, 0.15) is 65.2 Å². The quantitative estimate of drug-likeness (QED) is 0.842. The highest BCUT2D eigenvalue weighted by atomic mass is 16.2. The molecule has 0 aromatic heterocycles. The van der Waals surface area contributed by atoms with Crippen molar-refractivity contribution in [2.45, 2.75) is 76.8 Å². The van der Waals surface area contributed by atoms with E-state index < -0.39 is 5.54 Å². The van der Waals surface area contributed by atoms with Crippen LogP contribution in [-0.4, -0.2) is 34.8 Å². The zero-order chi connectivity index (χ0) is 14.4. The van der Waals surface area contributed by atoms with Crippen LogP contribution >= 0.6 is 0 Å². The summed E-state index contributed by atoms with van der Waals surface area (Å²) in [4.78, 5) is 27.2. The molecule has 20 heavy (non-hydrogen) atoms. The summed E-state index contributed by atoms with van der Waals surface area (Å²) < 4.78 is 0. The van der Waals surface area contributed by atoms with Gasteiger partial charge in [-0.3, -0.25) is 9.59 Å². The van der Waals surface area contributed by atoms with Crippen molar-refractivity contribution in [3.63, 3.8) is 0 Å². The Kier molecular flexibility index (Phi) is 3.30. The predicted molar refractivity (Wildman–Crippen MR) is 77.1 cm³/mol. The summed E-state index contributed by atoms with van der Waals surface area (Å²) >= 11 is 0. The van der Waals surface area contributed by atoms with Crippen LogP contribution in [-0.2, 0) is 9.59 Å². The third-order valence-corrected chi connectivity index (χ3v) is 5.70. The molecule has 3 rings (SSSR count). The molecule has 1 saturated heterocycles. The third kappa shape index (κ3) is 2.13. The molecule has 1 heterocycles. The molecule has 3 fully saturated rings. The van der Waals surface area contributed by atoms with E-state index >= 15 is 0 Å². The molecule has 1 aliphatic heterocycles. The Morgan fingerprint density at radius 1 is 1.10 bits per heavy atom. The first-order valence-corrected chi connectivity index (χ1v) is 8.09. The SMILES string of the molecule is CC1C(=O)NC2(CCCCC2)C(=O)N1CC1(C)CCC1. The number of piperazine rings is 1. The van der Waals surface area contributed by atoms with Crippen molar-refractivity contribution in [3.8, 4) is 0 Å². The van der Waals surface area contributed by atoms with Crippen molar-refractivity contribution in [1.29, 1.82) is 0 Å². The minimum Gasteiger partial charge on any atom is -0.340 e. The van der Waals surface area contributed by atoms with Gasteiger partial charge in [0.25, 0.3) is 0 Å². The van der Waals surface area contributed by atoms with E-state index in [2.05, 4.69) is 12.2 Å². The molecule has 2 saturated carbocycles. The highest BCUT2D eigenvalue weighted by molar-refractivity contribution is 5.99. The zero-order valence-electron chi connectivity index (χ0n) is 12.7. The Balaban J connectivity index is 1.82. The van der Waals surface area contributed by atoms with E-state index in [0.29, 0.717) is 0 Å². The van der Waals surface area contributed by atoms with Crippen LogP contribution in [0, 0.1) is 5.41 Å². The van der Waals surface area contributed by atoms with Gasteiger partial charge in [-0.2, -0.15) is 0 Å². The third-order valence-electron chi connectivity index (χ3n) is 5.70. The summed E-state index contributed by atoms with van der Waals surface area (Å²) in [5.74, 6) is 0.215. The maximum absolute atomic E-state index is 13.0.